The minimum atomic E-state index is -3.01. The molecule has 0 fully saturated rings. The van der Waals surface area contributed by atoms with E-state index >= 15 is 0 Å². The van der Waals surface area contributed by atoms with Gasteiger partial charge in [0.1, 0.15) is 11.6 Å². The number of esters is 1. The van der Waals surface area contributed by atoms with Gasteiger partial charge in [-0.2, -0.15) is 8.78 Å². The number of hydrogen-bond donors (Lipinski definition) is 1. The molecule has 1 N–H and O–H groups in total. The molecule has 0 aromatic heterocycles. The molecule has 2 rings (SSSR count). The molecule has 2 aromatic carbocycles. The van der Waals surface area contributed by atoms with Crippen molar-refractivity contribution in [2.75, 3.05) is 13.2 Å². The van der Waals surface area contributed by atoms with Crippen molar-refractivity contribution in [3.8, 4) is 5.75 Å². The second kappa shape index (κ2) is 9.45. The summed E-state index contributed by atoms with van der Waals surface area (Å²) in [5, 5.41) is 2.50. The van der Waals surface area contributed by atoms with Crippen molar-refractivity contribution >= 4 is 11.9 Å². The van der Waals surface area contributed by atoms with Crippen molar-refractivity contribution in [3.05, 3.63) is 65.5 Å². The first-order valence-electron chi connectivity index (χ1n) is 7.68. The number of benzene rings is 2. The Bertz CT molecular complexity index is 768. The fraction of sp³-hybridized carbons (Fsp3) is 0.222. The quantitative estimate of drug-likeness (QED) is 0.729. The summed E-state index contributed by atoms with van der Waals surface area (Å²) in [6.45, 7) is -3.38. The van der Waals surface area contributed by atoms with Crippen LogP contribution in [-0.4, -0.2) is 31.6 Å². The lowest BCUT2D eigenvalue weighted by atomic mass is 10.1. The van der Waals surface area contributed by atoms with Crippen LogP contribution in [0.4, 0.5) is 13.2 Å². The van der Waals surface area contributed by atoms with Gasteiger partial charge in [0.25, 0.3) is 5.91 Å². The third-order valence-corrected chi connectivity index (χ3v) is 3.30. The van der Waals surface area contributed by atoms with Crippen LogP contribution < -0.4 is 10.1 Å². The van der Waals surface area contributed by atoms with Crippen LogP contribution in [0.5, 0.6) is 5.75 Å². The Hall–Kier alpha value is -3.03. The lowest BCUT2D eigenvalue weighted by molar-refractivity contribution is -0.124. The largest absolute Gasteiger partial charge is 0.452 e. The summed E-state index contributed by atoms with van der Waals surface area (Å²) in [5.74, 6) is -1.97. The highest BCUT2D eigenvalue weighted by Gasteiger charge is 2.12. The third-order valence-electron chi connectivity index (χ3n) is 3.30. The van der Waals surface area contributed by atoms with Gasteiger partial charge in [0, 0.05) is 6.54 Å². The molecular weight excluding hydrogens is 351 g/mol. The van der Waals surface area contributed by atoms with Gasteiger partial charge < -0.3 is 14.8 Å². The van der Waals surface area contributed by atoms with Crippen molar-refractivity contribution in [3.63, 3.8) is 0 Å². The van der Waals surface area contributed by atoms with Gasteiger partial charge in [0.2, 0.25) is 0 Å². The predicted molar refractivity (Wildman–Crippen MR) is 86.5 cm³/mol. The van der Waals surface area contributed by atoms with E-state index in [2.05, 4.69) is 10.1 Å². The molecule has 5 nitrogen and oxygen atoms in total. The van der Waals surface area contributed by atoms with Gasteiger partial charge in [-0.3, -0.25) is 4.79 Å². The van der Waals surface area contributed by atoms with Crippen molar-refractivity contribution in [1.29, 1.82) is 0 Å². The minimum absolute atomic E-state index is 0.0256. The summed E-state index contributed by atoms with van der Waals surface area (Å²) >= 11 is 0. The summed E-state index contributed by atoms with van der Waals surface area (Å²) in [7, 11) is 0. The number of carbonyl (C=O) groups is 2. The molecule has 0 atom stereocenters. The zero-order valence-electron chi connectivity index (χ0n) is 13.6. The topological polar surface area (TPSA) is 64.6 Å². The van der Waals surface area contributed by atoms with E-state index in [1.54, 1.807) is 18.2 Å². The van der Waals surface area contributed by atoms with Gasteiger partial charge in [-0.05, 0) is 36.2 Å². The van der Waals surface area contributed by atoms with Crippen LogP contribution in [0.25, 0.3) is 0 Å². The molecule has 0 radical (unpaired) electrons. The van der Waals surface area contributed by atoms with E-state index in [1.807, 2.05) is 0 Å². The minimum Gasteiger partial charge on any atom is -0.452 e. The van der Waals surface area contributed by atoms with Gasteiger partial charge in [0.15, 0.2) is 6.61 Å². The molecule has 0 aliphatic heterocycles. The molecule has 26 heavy (non-hydrogen) atoms. The number of nitrogens with one attached hydrogen (secondary N) is 1. The normalized spacial score (nSPS) is 10.5. The molecule has 0 aliphatic carbocycles. The molecule has 0 unspecified atom stereocenters. The SMILES string of the molecule is O=C(COC(=O)c1cccc(OC(F)F)c1)NCCc1ccccc1F. The first-order chi connectivity index (χ1) is 12.5. The Morgan fingerprint density at radius 2 is 1.85 bits per heavy atom. The Labute approximate surface area is 147 Å². The second-order valence-corrected chi connectivity index (χ2v) is 5.17. The van der Waals surface area contributed by atoms with Crippen LogP contribution in [0.15, 0.2) is 48.5 Å². The Kier molecular flexibility index (Phi) is 7.02. The van der Waals surface area contributed by atoms with Gasteiger partial charge in [-0.25, -0.2) is 9.18 Å². The predicted octanol–water partition coefficient (Wildman–Crippen LogP) is 2.94. The van der Waals surface area contributed by atoms with Crippen molar-refractivity contribution < 1.29 is 32.2 Å². The van der Waals surface area contributed by atoms with E-state index in [0.717, 1.165) is 6.07 Å². The van der Waals surface area contributed by atoms with E-state index in [4.69, 9.17) is 4.74 Å². The summed E-state index contributed by atoms with van der Waals surface area (Å²) in [6, 6.07) is 11.2. The van der Waals surface area contributed by atoms with Gasteiger partial charge in [0.05, 0.1) is 5.56 Å². The van der Waals surface area contributed by atoms with Crippen molar-refractivity contribution in [1.82, 2.24) is 5.32 Å². The molecule has 0 heterocycles. The number of ether oxygens (including phenoxy) is 2. The Balaban J connectivity index is 1.76. The van der Waals surface area contributed by atoms with E-state index in [0.29, 0.717) is 12.0 Å². The molecule has 0 bridgehead atoms. The first kappa shape index (κ1) is 19.3. The van der Waals surface area contributed by atoms with Gasteiger partial charge in [-0.1, -0.05) is 24.3 Å². The second-order valence-electron chi connectivity index (χ2n) is 5.17. The lowest BCUT2D eigenvalue weighted by Crippen LogP contribution is -2.30. The molecule has 1 amide bonds. The average Bonchev–Trinajstić information content (AvgIpc) is 2.61. The first-order valence-corrected chi connectivity index (χ1v) is 7.68. The molecule has 0 aliphatic rings. The maximum atomic E-state index is 13.4. The Morgan fingerprint density at radius 1 is 1.08 bits per heavy atom. The molecule has 8 heteroatoms. The average molecular weight is 367 g/mol. The highest BCUT2D eigenvalue weighted by Crippen LogP contribution is 2.16. The number of amides is 1. The van der Waals surface area contributed by atoms with E-state index in [1.165, 1.54) is 24.3 Å². The molecule has 0 saturated heterocycles. The molecular formula is C18H16F3NO4. The van der Waals surface area contributed by atoms with Crippen molar-refractivity contribution in [2.45, 2.75) is 13.0 Å². The number of rotatable bonds is 8. The fourth-order valence-electron chi connectivity index (χ4n) is 2.10. The molecule has 0 saturated carbocycles. The van der Waals surface area contributed by atoms with Gasteiger partial charge >= 0.3 is 12.6 Å². The third kappa shape index (κ3) is 6.12. The number of halogens is 3. The van der Waals surface area contributed by atoms with Crippen LogP contribution in [-0.2, 0) is 16.0 Å². The summed E-state index contributed by atoms with van der Waals surface area (Å²) < 4.78 is 46.7. The molecule has 2 aromatic rings. The monoisotopic (exact) mass is 367 g/mol. The van der Waals surface area contributed by atoms with Crippen LogP contribution in [0.3, 0.4) is 0 Å². The highest BCUT2D eigenvalue weighted by molar-refractivity contribution is 5.91. The summed E-state index contributed by atoms with van der Waals surface area (Å²) in [5.41, 5.74) is 0.433. The smallest absolute Gasteiger partial charge is 0.387 e. The maximum Gasteiger partial charge on any atom is 0.387 e. The van der Waals surface area contributed by atoms with E-state index < -0.39 is 25.1 Å². The lowest BCUT2D eigenvalue weighted by Gasteiger charge is -2.08. The molecule has 138 valence electrons. The fourth-order valence-corrected chi connectivity index (χ4v) is 2.10. The Morgan fingerprint density at radius 3 is 2.58 bits per heavy atom. The van der Waals surface area contributed by atoms with E-state index in [-0.39, 0.29) is 23.7 Å². The van der Waals surface area contributed by atoms with Crippen LogP contribution in [0.2, 0.25) is 0 Å². The highest BCUT2D eigenvalue weighted by atomic mass is 19.3. The maximum absolute atomic E-state index is 13.4. The van der Waals surface area contributed by atoms with Crippen LogP contribution in [0.1, 0.15) is 15.9 Å². The van der Waals surface area contributed by atoms with E-state index in [9.17, 15) is 22.8 Å². The zero-order valence-corrected chi connectivity index (χ0v) is 13.6. The number of alkyl halides is 2. The summed E-state index contributed by atoms with van der Waals surface area (Å²) in [4.78, 5) is 23.5. The number of hydrogen-bond acceptors (Lipinski definition) is 4. The zero-order chi connectivity index (χ0) is 18.9. The van der Waals surface area contributed by atoms with Crippen LogP contribution in [0, 0.1) is 5.82 Å². The van der Waals surface area contributed by atoms with Gasteiger partial charge in [-0.15, -0.1) is 0 Å². The molecule has 0 spiro atoms. The summed E-state index contributed by atoms with van der Waals surface area (Å²) in [6.07, 6.45) is 0.291. The standard InChI is InChI=1S/C18H16F3NO4/c19-15-7-2-1-4-12(15)8-9-22-16(23)11-25-17(24)13-5-3-6-14(10-13)26-18(20)21/h1-7,10,18H,8-9,11H2,(H,22,23). The van der Waals surface area contributed by atoms with Crippen LogP contribution >= 0.6 is 0 Å². The van der Waals surface area contributed by atoms with Crippen molar-refractivity contribution in [2.24, 2.45) is 0 Å². The number of carbonyl (C=O) groups excluding carboxylic acids is 2.